The second-order valence-corrected chi connectivity index (χ2v) is 6.56. The molecular weight excluding hydrogens is 393 g/mol. The Bertz CT molecular complexity index is 1110. The lowest BCUT2D eigenvalue weighted by Gasteiger charge is -2.13. The zero-order valence-corrected chi connectivity index (χ0v) is 15.9. The maximum atomic E-state index is 12.9. The van der Waals surface area contributed by atoms with Gasteiger partial charge in [0.25, 0.3) is 5.91 Å². The first kappa shape index (κ1) is 20.9. The number of alkyl halides is 3. The van der Waals surface area contributed by atoms with Gasteiger partial charge < -0.3 is 9.73 Å². The molecule has 1 N–H and O–H groups in total. The molecule has 0 aliphatic rings. The molecule has 1 heterocycles. The van der Waals surface area contributed by atoms with Crippen molar-refractivity contribution in [1.29, 1.82) is 5.26 Å². The van der Waals surface area contributed by atoms with Crippen molar-refractivity contribution in [2.45, 2.75) is 19.1 Å². The summed E-state index contributed by atoms with van der Waals surface area (Å²) in [7, 11) is 0. The van der Waals surface area contributed by atoms with Crippen LogP contribution in [0.25, 0.3) is 17.4 Å². The van der Waals surface area contributed by atoms with Crippen LogP contribution in [-0.2, 0) is 11.0 Å². The Kier molecular flexibility index (Phi) is 6.07. The summed E-state index contributed by atoms with van der Waals surface area (Å²) < 4.78 is 44.2. The quantitative estimate of drug-likeness (QED) is 0.430. The lowest BCUT2D eigenvalue weighted by Crippen LogP contribution is -2.27. The summed E-state index contributed by atoms with van der Waals surface area (Å²) in [5.74, 6) is -0.199. The van der Waals surface area contributed by atoms with Gasteiger partial charge in [0.1, 0.15) is 23.2 Å². The molecule has 0 bridgehead atoms. The molecule has 1 aromatic heterocycles. The van der Waals surface area contributed by atoms with Crippen LogP contribution in [0, 0.1) is 11.3 Å². The van der Waals surface area contributed by atoms with Gasteiger partial charge in [-0.2, -0.15) is 18.4 Å². The molecule has 30 heavy (non-hydrogen) atoms. The number of nitriles is 1. The molecule has 3 aromatic rings. The Hall–Kier alpha value is -3.79. The largest absolute Gasteiger partial charge is 0.457 e. The highest BCUT2D eigenvalue weighted by Crippen LogP contribution is 2.32. The van der Waals surface area contributed by atoms with Crippen molar-refractivity contribution < 1.29 is 22.4 Å². The molecule has 0 aliphatic heterocycles. The van der Waals surface area contributed by atoms with Gasteiger partial charge in [-0.3, -0.25) is 4.79 Å². The number of furan rings is 1. The summed E-state index contributed by atoms with van der Waals surface area (Å²) >= 11 is 0. The van der Waals surface area contributed by atoms with Crippen LogP contribution >= 0.6 is 0 Å². The topological polar surface area (TPSA) is 66.0 Å². The van der Waals surface area contributed by atoms with E-state index in [1.165, 1.54) is 30.3 Å². The molecule has 0 saturated heterocycles. The van der Waals surface area contributed by atoms with Crippen LogP contribution in [0.15, 0.2) is 76.7 Å². The molecule has 0 fully saturated rings. The Morgan fingerprint density at radius 3 is 2.50 bits per heavy atom. The molecule has 1 atom stereocenters. The van der Waals surface area contributed by atoms with Crippen LogP contribution in [0.5, 0.6) is 0 Å². The van der Waals surface area contributed by atoms with Gasteiger partial charge in [-0.25, -0.2) is 0 Å². The summed E-state index contributed by atoms with van der Waals surface area (Å²) in [4.78, 5) is 12.4. The average Bonchev–Trinajstić information content (AvgIpc) is 3.20. The van der Waals surface area contributed by atoms with Crippen molar-refractivity contribution in [3.63, 3.8) is 0 Å². The second-order valence-electron chi connectivity index (χ2n) is 6.56. The lowest BCUT2D eigenvalue weighted by atomic mass is 10.1. The molecule has 152 valence electrons. The Balaban J connectivity index is 1.79. The third-order valence-electron chi connectivity index (χ3n) is 4.40. The molecule has 1 unspecified atom stereocenters. The predicted molar refractivity (Wildman–Crippen MR) is 106 cm³/mol. The van der Waals surface area contributed by atoms with Gasteiger partial charge in [0, 0.05) is 11.6 Å². The van der Waals surface area contributed by atoms with Crippen LogP contribution in [0.4, 0.5) is 13.2 Å². The molecule has 0 saturated carbocycles. The molecule has 7 heteroatoms. The fourth-order valence-electron chi connectivity index (χ4n) is 2.82. The highest BCUT2D eigenvalue weighted by atomic mass is 19.4. The zero-order valence-electron chi connectivity index (χ0n) is 15.9. The van der Waals surface area contributed by atoms with Crippen LogP contribution < -0.4 is 5.32 Å². The zero-order chi connectivity index (χ0) is 21.7. The van der Waals surface area contributed by atoms with Crippen LogP contribution in [0.3, 0.4) is 0 Å². The minimum atomic E-state index is -4.47. The number of amides is 1. The molecule has 4 nitrogen and oxygen atoms in total. The standard InChI is InChI=1S/C23H17F3N2O2/c1-15(16-6-3-2-4-7-16)28-22(29)18(14-27)13-20-10-11-21(30-20)17-8-5-9-19(12-17)23(24,25)26/h2-13,15H,1H3,(H,28,29)/b18-13+. The fourth-order valence-corrected chi connectivity index (χ4v) is 2.82. The molecule has 1 amide bonds. The lowest BCUT2D eigenvalue weighted by molar-refractivity contribution is -0.137. The average molecular weight is 410 g/mol. The van der Waals surface area contributed by atoms with Gasteiger partial charge in [0.05, 0.1) is 11.6 Å². The van der Waals surface area contributed by atoms with Gasteiger partial charge in [-0.05, 0) is 36.8 Å². The van der Waals surface area contributed by atoms with Crippen LogP contribution in [-0.4, -0.2) is 5.91 Å². The SMILES string of the molecule is CC(NC(=O)/C(C#N)=C/c1ccc(-c2cccc(C(F)(F)F)c2)o1)c1ccccc1. The molecule has 0 spiro atoms. The maximum absolute atomic E-state index is 12.9. The number of carbonyl (C=O) groups excluding carboxylic acids is 1. The van der Waals surface area contributed by atoms with E-state index in [1.807, 2.05) is 36.4 Å². The van der Waals surface area contributed by atoms with Crippen LogP contribution in [0.2, 0.25) is 0 Å². The van der Waals surface area contributed by atoms with Crippen molar-refractivity contribution in [3.05, 3.63) is 89.2 Å². The van der Waals surface area contributed by atoms with Crippen LogP contribution in [0.1, 0.15) is 29.9 Å². The third kappa shape index (κ3) is 4.97. The number of hydrogen-bond donors (Lipinski definition) is 1. The maximum Gasteiger partial charge on any atom is 0.416 e. The Morgan fingerprint density at radius 1 is 1.10 bits per heavy atom. The van der Waals surface area contributed by atoms with E-state index in [-0.39, 0.29) is 28.7 Å². The minimum absolute atomic E-state index is 0.178. The monoisotopic (exact) mass is 410 g/mol. The smallest absolute Gasteiger partial charge is 0.416 e. The summed E-state index contributed by atoms with van der Waals surface area (Å²) in [6.07, 6.45) is -3.21. The number of carbonyl (C=O) groups is 1. The Labute approximate surface area is 171 Å². The van der Waals surface area contributed by atoms with Crippen molar-refractivity contribution in [1.82, 2.24) is 5.32 Å². The van der Waals surface area contributed by atoms with Gasteiger partial charge >= 0.3 is 6.18 Å². The molecule has 0 radical (unpaired) electrons. The number of nitrogens with one attached hydrogen (secondary N) is 1. The van der Waals surface area contributed by atoms with Gasteiger partial charge in [0.2, 0.25) is 0 Å². The molecular formula is C23H17F3N2O2. The van der Waals surface area contributed by atoms with E-state index in [2.05, 4.69) is 5.32 Å². The Morgan fingerprint density at radius 2 is 1.83 bits per heavy atom. The van der Waals surface area contributed by atoms with Crippen molar-refractivity contribution in [2.24, 2.45) is 0 Å². The number of rotatable bonds is 5. The summed E-state index contributed by atoms with van der Waals surface area (Å²) in [5.41, 5.74) is 0.154. The highest BCUT2D eigenvalue weighted by Gasteiger charge is 2.30. The van der Waals surface area contributed by atoms with E-state index < -0.39 is 17.6 Å². The van der Waals surface area contributed by atoms with E-state index in [0.717, 1.165) is 17.7 Å². The first-order valence-corrected chi connectivity index (χ1v) is 9.03. The number of benzene rings is 2. The first-order valence-electron chi connectivity index (χ1n) is 9.03. The summed E-state index contributed by atoms with van der Waals surface area (Å²) in [5, 5.41) is 12.1. The van der Waals surface area contributed by atoms with E-state index in [1.54, 1.807) is 6.92 Å². The second kappa shape index (κ2) is 8.70. The summed E-state index contributed by atoms with van der Waals surface area (Å²) in [6.45, 7) is 1.79. The van der Waals surface area contributed by atoms with Crippen molar-refractivity contribution in [3.8, 4) is 17.4 Å². The summed E-state index contributed by atoms with van der Waals surface area (Å²) in [6, 6.07) is 18.5. The van der Waals surface area contributed by atoms with Gasteiger partial charge in [0.15, 0.2) is 0 Å². The predicted octanol–water partition coefficient (Wildman–Crippen LogP) is 5.75. The number of halogens is 3. The normalized spacial score (nSPS) is 12.8. The van der Waals surface area contributed by atoms with Gasteiger partial charge in [-0.15, -0.1) is 0 Å². The van der Waals surface area contributed by atoms with E-state index in [9.17, 15) is 23.2 Å². The first-order chi connectivity index (χ1) is 14.3. The van der Waals surface area contributed by atoms with E-state index >= 15 is 0 Å². The molecule has 0 aliphatic carbocycles. The third-order valence-corrected chi connectivity index (χ3v) is 4.40. The van der Waals surface area contributed by atoms with Crippen molar-refractivity contribution >= 4 is 12.0 Å². The highest BCUT2D eigenvalue weighted by molar-refractivity contribution is 6.01. The molecule has 3 rings (SSSR count). The van der Waals surface area contributed by atoms with Crippen molar-refractivity contribution in [2.75, 3.05) is 0 Å². The minimum Gasteiger partial charge on any atom is -0.457 e. The van der Waals surface area contributed by atoms with E-state index in [4.69, 9.17) is 4.42 Å². The number of nitrogens with zero attached hydrogens (tertiary/aromatic N) is 1. The van der Waals surface area contributed by atoms with E-state index in [0.29, 0.717) is 0 Å². The van der Waals surface area contributed by atoms with Gasteiger partial charge in [-0.1, -0.05) is 42.5 Å². The molecule has 2 aromatic carbocycles. The number of hydrogen-bond acceptors (Lipinski definition) is 3. The fraction of sp³-hybridized carbons (Fsp3) is 0.130.